The van der Waals surface area contributed by atoms with Crippen molar-refractivity contribution in [1.29, 1.82) is 0 Å². The first-order valence-corrected chi connectivity index (χ1v) is 14.8. The normalized spacial score (nSPS) is 16.9. The molecule has 42 heavy (non-hydrogen) atoms. The quantitative estimate of drug-likeness (QED) is 0.196. The number of carbonyl (C=O) groups excluding carboxylic acids is 2. The van der Waals surface area contributed by atoms with Crippen LogP contribution in [0.25, 0.3) is 33.5 Å². The van der Waals surface area contributed by atoms with Crippen LogP contribution in [0.15, 0.2) is 66.7 Å². The van der Waals surface area contributed by atoms with Crippen LogP contribution in [0, 0.1) is 11.8 Å². The number of nitrogens with zero attached hydrogens (tertiary/aromatic N) is 5. The maximum absolute atomic E-state index is 13.1. The molecule has 0 aliphatic heterocycles. The van der Waals surface area contributed by atoms with E-state index in [0.717, 1.165) is 96.0 Å². The Labute approximate surface area is 244 Å². The Bertz CT molecular complexity index is 1670. The topological polar surface area (TPSA) is 118 Å². The molecule has 0 spiro atoms. The highest BCUT2D eigenvalue weighted by Gasteiger charge is 2.30. The van der Waals surface area contributed by atoms with Crippen LogP contribution in [0.3, 0.4) is 0 Å². The Kier molecular flexibility index (Phi) is 8.16. The molecule has 0 unspecified atom stereocenters. The van der Waals surface area contributed by atoms with Gasteiger partial charge in [0.25, 0.3) is 0 Å². The summed E-state index contributed by atoms with van der Waals surface area (Å²) in [5.74, 6) is 1.07. The first-order chi connectivity index (χ1) is 20.6. The van der Waals surface area contributed by atoms with Crippen LogP contribution in [0.2, 0.25) is 0 Å². The third-order valence-electron chi connectivity index (χ3n) is 8.30. The Morgan fingerprint density at radius 3 is 2.62 bits per heavy atom. The molecule has 2 N–H and O–H groups in total. The van der Waals surface area contributed by atoms with Crippen LogP contribution in [-0.2, 0) is 22.6 Å². The summed E-state index contributed by atoms with van der Waals surface area (Å²) >= 11 is 0. The van der Waals surface area contributed by atoms with Crippen LogP contribution in [-0.4, -0.2) is 42.4 Å². The number of unbranched alkanes of at least 4 members (excludes halogenated alkanes) is 1. The van der Waals surface area contributed by atoms with Gasteiger partial charge in [-0.15, -0.1) is 10.2 Å². The van der Waals surface area contributed by atoms with E-state index in [2.05, 4.69) is 67.8 Å². The van der Waals surface area contributed by atoms with Gasteiger partial charge in [-0.2, -0.15) is 5.21 Å². The minimum atomic E-state index is -0.263. The van der Waals surface area contributed by atoms with Gasteiger partial charge in [0.1, 0.15) is 12.1 Å². The molecule has 6 rings (SSSR count). The highest BCUT2D eigenvalue weighted by Crippen LogP contribution is 2.32. The minimum Gasteiger partial charge on any atom is -0.326 e. The number of amides is 1. The molecule has 0 radical (unpaired) electrons. The summed E-state index contributed by atoms with van der Waals surface area (Å²) in [4.78, 5) is 29.7. The number of hydrogen-bond acceptors (Lipinski definition) is 6. The Hall–Kier alpha value is -4.66. The maximum Gasteiger partial charge on any atom is 0.228 e. The Morgan fingerprint density at radius 2 is 1.86 bits per heavy atom. The summed E-state index contributed by atoms with van der Waals surface area (Å²) in [6, 6.07) is 22.5. The molecular formula is C33H35N7O2. The Morgan fingerprint density at radius 1 is 1.05 bits per heavy atom. The lowest BCUT2D eigenvalue weighted by molar-refractivity contribution is -0.126. The molecule has 0 saturated heterocycles. The van der Waals surface area contributed by atoms with E-state index in [4.69, 9.17) is 4.98 Å². The fraction of sp³-hybridized carbons (Fsp3) is 0.333. The van der Waals surface area contributed by atoms with Crippen molar-refractivity contribution < 1.29 is 9.59 Å². The standard InChI is InChI=1S/C33H35N7O2/c1-2-3-12-31-35-29-18-17-25(34-33(42)27-10-5-4-8-24(27)21-41)19-30(29)40(31)20-22-13-15-23(16-14-22)26-9-6-7-11-28(26)32-36-38-39-37-32/h6-7,9,11,13-19,21,24,27H,2-5,8,10,12,20H2,1H3,(H,34,42)(H,36,37,38,39)/t24-,27-/m1/s1. The zero-order valence-corrected chi connectivity index (χ0v) is 23.8. The van der Waals surface area contributed by atoms with Crippen LogP contribution >= 0.6 is 0 Å². The average molecular weight is 562 g/mol. The molecule has 1 saturated carbocycles. The van der Waals surface area contributed by atoms with Crippen molar-refractivity contribution in [2.75, 3.05) is 5.32 Å². The predicted molar refractivity (Wildman–Crippen MR) is 163 cm³/mol. The second kappa shape index (κ2) is 12.5. The number of hydrogen-bond donors (Lipinski definition) is 2. The van der Waals surface area contributed by atoms with E-state index < -0.39 is 0 Å². The number of fused-ring (bicyclic) bond motifs is 1. The zero-order valence-electron chi connectivity index (χ0n) is 23.8. The first kappa shape index (κ1) is 27.5. The van der Waals surface area contributed by atoms with E-state index in [9.17, 15) is 9.59 Å². The highest BCUT2D eigenvalue weighted by atomic mass is 16.2. The number of carbonyl (C=O) groups is 2. The van der Waals surface area contributed by atoms with Crippen molar-refractivity contribution >= 4 is 28.9 Å². The van der Waals surface area contributed by atoms with E-state index in [1.807, 2.05) is 36.4 Å². The van der Waals surface area contributed by atoms with Gasteiger partial charge in [0.2, 0.25) is 11.7 Å². The molecule has 2 heterocycles. The molecule has 2 aromatic heterocycles. The van der Waals surface area contributed by atoms with E-state index in [-0.39, 0.29) is 17.7 Å². The van der Waals surface area contributed by atoms with Crippen LogP contribution in [0.5, 0.6) is 0 Å². The highest BCUT2D eigenvalue weighted by molar-refractivity contribution is 5.96. The van der Waals surface area contributed by atoms with E-state index in [0.29, 0.717) is 12.4 Å². The van der Waals surface area contributed by atoms with Crippen molar-refractivity contribution in [3.63, 3.8) is 0 Å². The number of aromatic amines is 1. The number of imidazole rings is 1. The maximum atomic E-state index is 13.1. The summed E-state index contributed by atoms with van der Waals surface area (Å²) in [6.45, 7) is 2.85. The molecule has 0 bridgehead atoms. The third kappa shape index (κ3) is 5.72. The van der Waals surface area contributed by atoms with Crippen molar-refractivity contribution in [2.24, 2.45) is 11.8 Å². The molecule has 5 aromatic rings. The molecule has 1 aliphatic rings. The van der Waals surface area contributed by atoms with Gasteiger partial charge in [-0.25, -0.2) is 4.98 Å². The van der Waals surface area contributed by atoms with Gasteiger partial charge in [0.05, 0.1) is 11.0 Å². The largest absolute Gasteiger partial charge is 0.326 e. The van der Waals surface area contributed by atoms with Gasteiger partial charge < -0.3 is 14.7 Å². The third-order valence-corrected chi connectivity index (χ3v) is 8.30. The van der Waals surface area contributed by atoms with Crippen molar-refractivity contribution in [2.45, 2.75) is 58.4 Å². The monoisotopic (exact) mass is 561 g/mol. The smallest absolute Gasteiger partial charge is 0.228 e. The number of aldehydes is 1. The minimum absolute atomic E-state index is 0.0693. The van der Waals surface area contributed by atoms with Crippen molar-refractivity contribution in [3.05, 3.63) is 78.1 Å². The molecule has 9 heteroatoms. The zero-order chi connectivity index (χ0) is 28.9. The second-order valence-electron chi connectivity index (χ2n) is 11.1. The fourth-order valence-corrected chi connectivity index (χ4v) is 6.01. The number of nitrogens with one attached hydrogen (secondary N) is 2. The summed E-state index contributed by atoms with van der Waals surface area (Å²) in [5, 5.41) is 17.7. The molecular weight excluding hydrogens is 526 g/mol. The molecule has 2 atom stereocenters. The van der Waals surface area contributed by atoms with Crippen molar-refractivity contribution in [1.82, 2.24) is 30.2 Å². The first-order valence-electron chi connectivity index (χ1n) is 14.8. The number of tetrazole rings is 1. The molecule has 3 aromatic carbocycles. The van der Waals surface area contributed by atoms with Gasteiger partial charge in [0.15, 0.2) is 0 Å². The lowest BCUT2D eigenvalue weighted by Crippen LogP contribution is -2.32. The number of aromatic nitrogens is 6. The summed E-state index contributed by atoms with van der Waals surface area (Å²) in [6.07, 6.45) is 7.50. The van der Waals surface area contributed by atoms with E-state index >= 15 is 0 Å². The predicted octanol–water partition coefficient (Wildman–Crippen LogP) is 6.22. The van der Waals surface area contributed by atoms with E-state index in [1.165, 1.54) is 0 Å². The SMILES string of the molecule is CCCCc1nc2ccc(NC(=O)[C@@H]3CCCC[C@@H]3C=O)cc2n1Cc1ccc(-c2ccccc2-c2nn[nH]n2)cc1. The van der Waals surface area contributed by atoms with Crippen LogP contribution in [0.1, 0.15) is 56.8 Å². The summed E-state index contributed by atoms with van der Waals surface area (Å²) in [5.41, 5.74) is 6.81. The molecule has 1 fully saturated rings. The van der Waals surface area contributed by atoms with Gasteiger partial charge in [-0.3, -0.25) is 4.79 Å². The number of anilines is 1. The number of benzene rings is 3. The number of H-pyrrole nitrogens is 1. The number of aryl methyl sites for hydroxylation is 1. The second-order valence-corrected chi connectivity index (χ2v) is 11.1. The van der Waals surface area contributed by atoms with Gasteiger partial charge in [-0.1, -0.05) is 74.7 Å². The van der Waals surface area contributed by atoms with Crippen LogP contribution in [0.4, 0.5) is 5.69 Å². The number of rotatable bonds is 10. The lowest BCUT2D eigenvalue weighted by atomic mass is 9.79. The lowest BCUT2D eigenvalue weighted by Gasteiger charge is -2.26. The Balaban J connectivity index is 1.28. The molecule has 1 aliphatic carbocycles. The molecule has 214 valence electrons. The van der Waals surface area contributed by atoms with Gasteiger partial charge in [0, 0.05) is 36.1 Å². The summed E-state index contributed by atoms with van der Waals surface area (Å²) in [7, 11) is 0. The van der Waals surface area contributed by atoms with Crippen molar-refractivity contribution in [3.8, 4) is 22.5 Å². The molecule has 1 amide bonds. The average Bonchev–Trinajstić information content (AvgIpc) is 3.69. The fourth-order valence-electron chi connectivity index (χ4n) is 6.01. The molecule has 9 nitrogen and oxygen atoms in total. The van der Waals surface area contributed by atoms with Crippen LogP contribution < -0.4 is 5.32 Å². The van der Waals surface area contributed by atoms with Gasteiger partial charge >= 0.3 is 0 Å². The van der Waals surface area contributed by atoms with E-state index in [1.54, 1.807) is 0 Å². The summed E-state index contributed by atoms with van der Waals surface area (Å²) < 4.78 is 2.26. The van der Waals surface area contributed by atoms with Gasteiger partial charge in [-0.05, 0) is 59.4 Å².